The Morgan fingerprint density at radius 2 is 1.86 bits per heavy atom. The number of ether oxygens (including phenoxy) is 1. The minimum atomic E-state index is 0.0107. The third kappa shape index (κ3) is 4.20. The highest BCUT2D eigenvalue weighted by molar-refractivity contribution is 7.98. The number of methoxy groups -OCH3 is 1. The highest BCUT2D eigenvalue weighted by Crippen LogP contribution is 2.26. The second-order valence-corrected chi connectivity index (χ2v) is 7.74. The van der Waals surface area contributed by atoms with E-state index in [4.69, 9.17) is 4.74 Å². The Kier molecular flexibility index (Phi) is 5.34. The van der Waals surface area contributed by atoms with Crippen LogP contribution in [0.4, 0.5) is 0 Å². The number of rotatable bonds is 7. The highest BCUT2D eigenvalue weighted by Gasteiger charge is 2.23. The third-order valence-corrected chi connectivity index (χ3v) is 5.62. The first-order chi connectivity index (χ1) is 13.6. The number of hydrogen-bond donors (Lipinski definition) is 1. The summed E-state index contributed by atoms with van der Waals surface area (Å²) in [6, 6.07) is 16.0. The van der Waals surface area contributed by atoms with Gasteiger partial charge in [-0.3, -0.25) is 9.36 Å². The first-order valence-corrected chi connectivity index (χ1v) is 10.2. The maximum absolute atomic E-state index is 12.1. The lowest BCUT2D eigenvalue weighted by atomic mass is 10.1. The molecule has 144 valence electrons. The molecule has 28 heavy (non-hydrogen) atoms. The summed E-state index contributed by atoms with van der Waals surface area (Å²) >= 11 is 1.62. The van der Waals surface area contributed by atoms with Crippen LogP contribution in [0.1, 0.15) is 34.6 Å². The van der Waals surface area contributed by atoms with Gasteiger partial charge in [-0.05, 0) is 61.7 Å². The van der Waals surface area contributed by atoms with Crippen molar-refractivity contribution in [2.75, 3.05) is 7.11 Å². The normalized spacial score (nSPS) is 13.4. The molecule has 1 aromatic heterocycles. The number of aromatic nitrogens is 3. The molecule has 0 atom stereocenters. The van der Waals surface area contributed by atoms with Crippen LogP contribution in [-0.2, 0) is 5.75 Å². The van der Waals surface area contributed by atoms with Crippen LogP contribution in [-0.4, -0.2) is 33.8 Å². The monoisotopic (exact) mass is 394 g/mol. The number of amides is 1. The van der Waals surface area contributed by atoms with E-state index in [-0.39, 0.29) is 5.91 Å². The van der Waals surface area contributed by atoms with Crippen molar-refractivity contribution in [1.82, 2.24) is 20.1 Å². The van der Waals surface area contributed by atoms with E-state index in [0.717, 1.165) is 46.6 Å². The number of nitrogens with one attached hydrogen (secondary N) is 1. The minimum absolute atomic E-state index is 0.0107. The van der Waals surface area contributed by atoms with Crippen LogP contribution in [0.3, 0.4) is 0 Å². The van der Waals surface area contributed by atoms with Crippen molar-refractivity contribution < 1.29 is 9.53 Å². The van der Waals surface area contributed by atoms with Gasteiger partial charge in [0.2, 0.25) is 0 Å². The fourth-order valence-corrected chi connectivity index (χ4v) is 3.82. The van der Waals surface area contributed by atoms with E-state index < -0.39 is 0 Å². The quantitative estimate of drug-likeness (QED) is 0.618. The molecule has 0 bridgehead atoms. The second kappa shape index (κ2) is 8.06. The van der Waals surface area contributed by atoms with Gasteiger partial charge in [-0.2, -0.15) is 0 Å². The number of nitrogens with zero attached hydrogens (tertiary/aromatic N) is 3. The molecule has 7 heteroatoms. The predicted octanol–water partition coefficient (Wildman–Crippen LogP) is 3.77. The molecule has 1 aliphatic carbocycles. The van der Waals surface area contributed by atoms with Crippen molar-refractivity contribution in [2.24, 2.45) is 0 Å². The summed E-state index contributed by atoms with van der Waals surface area (Å²) in [4.78, 5) is 12.1. The van der Waals surface area contributed by atoms with Gasteiger partial charge in [0.15, 0.2) is 5.16 Å². The molecule has 1 saturated carbocycles. The van der Waals surface area contributed by atoms with E-state index in [0.29, 0.717) is 11.6 Å². The van der Waals surface area contributed by atoms with Gasteiger partial charge in [0.05, 0.1) is 7.11 Å². The molecule has 1 N–H and O–H groups in total. The van der Waals surface area contributed by atoms with Gasteiger partial charge in [-0.1, -0.05) is 23.9 Å². The van der Waals surface area contributed by atoms with E-state index >= 15 is 0 Å². The standard InChI is InChI=1S/C21H22N4O2S/c1-14-23-24-21(25(14)18-9-11-19(27-2)12-10-18)28-13-15-3-5-16(6-4-15)20(26)22-17-7-8-17/h3-6,9-12,17H,7-8,13H2,1-2H3,(H,22,26). The van der Waals surface area contributed by atoms with Crippen LogP contribution in [0, 0.1) is 6.92 Å². The van der Waals surface area contributed by atoms with Crippen molar-refractivity contribution >= 4 is 17.7 Å². The highest BCUT2D eigenvalue weighted by atomic mass is 32.2. The van der Waals surface area contributed by atoms with Crippen LogP contribution < -0.4 is 10.1 Å². The molecule has 0 spiro atoms. The van der Waals surface area contributed by atoms with Crippen LogP contribution in [0.15, 0.2) is 53.7 Å². The molecular formula is C21H22N4O2S. The minimum Gasteiger partial charge on any atom is -0.497 e. The molecule has 1 aliphatic rings. The molecule has 0 unspecified atom stereocenters. The van der Waals surface area contributed by atoms with Crippen molar-refractivity contribution in [2.45, 2.75) is 36.7 Å². The van der Waals surface area contributed by atoms with E-state index in [1.165, 1.54) is 0 Å². The molecule has 1 amide bonds. The van der Waals surface area contributed by atoms with Crippen LogP contribution in [0.2, 0.25) is 0 Å². The zero-order valence-corrected chi connectivity index (χ0v) is 16.7. The SMILES string of the molecule is COc1ccc(-n2c(C)nnc2SCc2ccc(C(=O)NC3CC3)cc2)cc1. The Hall–Kier alpha value is -2.80. The average Bonchev–Trinajstić information content (AvgIpc) is 3.47. The first kappa shape index (κ1) is 18.6. The summed E-state index contributed by atoms with van der Waals surface area (Å²) in [5.74, 6) is 2.41. The van der Waals surface area contributed by atoms with E-state index in [2.05, 4.69) is 15.5 Å². The van der Waals surface area contributed by atoms with Gasteiger partial charge < -0.3 is 10.1 Å². The fourth-order valence-electron chi connectivity index (χ4n) is 2.86. The first-order valence-electron chi connectivity index (χ1n) is 9.23. The van der Waals surface area contributed by atoms with Gasteiger partial charge in [-0.25, -0.2) is 0 Å². The van der Waals surface area contributed by atoms with Crippen LogP contribution >= 0.6 is 11.8 Å². The Balaban J connectivity index is 1.44. The number of hydrogen-bond acceptors (Lipinski definition) is 5. The number of benzene rings is 2. The Bertz CT molecular complexity index is 963. The summed E-state index contributed by atoms with van der Waals surface area (Å²) in [6.45, 7) is 1.94. The molecule has 1 heterocycles. The zero-order valence-electron chi connectivity index (χ0n) is 15.9. The summed E-state index contributed by atoms with van der Waals surface area (Å²) < 4.78 is 7.26. The molecule has 3 aromatic rings. The van der Waals surface area contributed by atoms with Crippen molar-refractivity contribution in [3.8, 4) is 11.4 Å². The second-order valence-electron chi connectivity index (χ2n) is 6.80. The van der Waals surface area contributed by atoms with Crippen molar-refractivity contribution in [1.29, 1.82) is 0 Å². The fraction of sp³-hybridized carbons (Fsp3) is 0.286. The van der Waals surface area contributed by atoms with Gasteiger partial charge in [0.1, 0.15) is 11.6 Å². The molecule has 0 saturated heterocycles. The molecule has 4 rings (SSSR count). The number of carbonyl (C=O) groups is 1. The lowest BCUT2D eigenvalue weighted by molar-refractivity contribution is 0.0951. The number of carbonyl (C=O) groups excluding carboxylic acids is 1. The molecule has 0 aliphatic heterocycles. The lowest BCUT2D eigenvalue weighted by Gasteiger charge is -2.09. The molecule has 6 nitrogen and oxygen atoms in total. The van der Waals surface area contributed by atoms with E-state index in [9.17, 15) is 4.79 Å². The summed E-state index contributed by atoms with van der Waals surface area (Å²) in [6.07, 6.45) is 2.18. The van der Waals surface area contributed by atoms with Crippen LogP contribution in [0.5, 0.6) is 5.75 Å². The van der Waals surface area contributed by atoms with Crippen molar-refractivity contribution in [3.05, 3.63) is 65.5 Å². The predicted molar refractivity (Wildman–Crippen MR) is 109 cm³/mol. The topological polar surface area (TPSA) is 69.0 Å². The summed E-state index contributed by atoms with van der Waals surface area (Å²) in [5.41, 5.74) is 2.84. The zero-order chi connectivity index (χ0) is 19.5. The summed E-state index contributed by atoms with van der Waals surface area (Å²) in [7, 11) is 1.65. The molecular weight excluding hydrogens is 372 g/mol. The Morgan fingerprint density at radius 3 is 2.50 bits per heavy atom. The number of aryl methyl sites for hydroxylation is 1. The third-order valence-electron chi connectivity index (χ3n) is 4.62. The molecule has 2 aromatic carbocycles. The van der Waals surface area contributed by atoms with Gasteiger partial charge in [0, 0.05) is 23.0 Å². The smallest absolute Gasteiger partial charge is 0.251 e. The van der Waals surface area contributed by atoms with Gasteiger partial charge in [0.25, 0.3) is 5.91 Å². The van der Waals surface area contributed by atoms with Gasteiger partial charge >= 0.3 is 0 Å². The van der Waals surface area contributed by atoms with E-state index in [1.807, 2.05) is 60.0 Å². The summed E-state index contributed by atoms with van der Waals surface area (Å²) in [5, 5.41) is 12.4. The maximum atomic E-state index is 12.1. The maximum Gasteiger partial charge on any atom is 0.251 e. The Labute approximate surface area is 168 Å². The van der Waals surface area contributed by atoms with Gasteiger partial charge in [-0.15, -0.1) is 10.2 Å². The van der Waals surface area contributed by atoms with Crippen molar-refractivity contribution in [3.63, 3.8) is 0 Å². The largest absolute Gasteiger partial charge is 0.497 e. The molecule has 1 fully saturated rings. The average molecular weight is 395 g/mol. The number of thioether (sulfide) groups is 1. The lowest BCUT2D eigenvalue weighted by Crippen LogP contribution is -2.25. The van der Waals surface area contributed by atoms with E-state index in [1.54, 1.807) is 18.9 Å². The molecule has 0 radical (unpaired) electrons. The Morgan fingerprint density at radius 1 is 1.14 bits per heavy atom. The van der Waals surface area contributed by atoms with Crippen LogP contribution in [0.25, 0.3) is 5.69 Å².